The number of hydrogen-bond donors (Lipinski definition) is 3. The first-order valence-electron chi connectivity index (χ1n) is 11.6. The molecule has 1 unspecified atom stereocenters. The third-order valence-electron chi connectivity index (χ3n) is 6.02. The number of carbonyl (C=O) groups is 1. The van der Waals surface area contributed by atoms with E-state index >= 15 is 0 Å². The highest BCUT2D eigenvalue weighted by atomic mass is 31.2. The van der Waals surface area contributed by atoms with Gasteiger partial charge in [-0.1, -0.05) is 51.2 Å². The zero-order valence-electron chi connectivity index (χ0n) is 19.5. The predicted molar refractivity (Wildman–Crippen MR) is 129 cm³/mol. The average molecular weight is 488 g/mol. The SMILES string of the molecule is CC(C)c1nc(C2CCCCC2)cc(-c2ccc(F)cc2)c1C#CP(=O)(O)C[C@H](O)CC(=O)O. The molecule has 0 aliphatic heterocycles. The van der Waals surface area contributed by atoms with Crippen molar-refractivity contribution in [1.29, 1.82) is 0 Å². The third-order valence-corrected chi connectivity index (χ3v) is 7.39. The van der Waals surface area contributed by atoms with Gasteiger partial charge in [-0.2, -0.15) is 0 Å². The van der Waals surface area contributed by atoms with Crippen LogP contribution in [0.4, 0.5) is 4.39 Å². The monoisotopic (exact) mass is 487 g/mol. The number of aromatic nitrogens is 1. The van der Waals surface area contributed by atoms with Gasteiger partial charge in [0.2, 0.25) is 0 Å². The van der Waals surface area contributed by atoms with Crippen molar-refractivity contribution in [3.05, 3.63) is 53.1 Å². The number of aliphatic hydroxyl groups excluding tert-OH is 1. The number of rotatable bonds is 7. The van der Waals surface area contributed by atoms with Crippen LogP contribution in [-0.4, -0.2) is 38.3 Å². The third kappa shape index (κ3) is 6.99. The lowest BCUT2D eigenvalue weighted by atomic mass is 9.84. The van der Waals surface area contributed by atoms with Crippen molar-refractivity contribution in [2.24, 2.45) is 0 Å². The zero-order chi connectivity index (χ0) is 24.9. The number of nitrogens with zero attached hydrogens (tertiary/aromatic N) is 1. The second-order valence-corrected chi connectivity index (χ2v) is 11.2. The van der Waals surface area contributed by atoms with E-state index < -0.39 is 32.0 Å². The van der Waals surface area contributed by atoms with Crippen LogP contribution in [0, 0.1) is 17.4 Å². The minimum atomic E-state index is -4.14. The molecule has 0 saturated heterocycles. The molecule has 1 aliphatic rings. The molecule has 1 aliphatic carbocycles. The Hall–Kier alpha value is -2.52. The van der Waals surface area contributed by atoms with Crippen molar-refractivity contribution in [3.8, 4) is 22.7 Å². The number of aliphatic hydroxyl groups is 1. The van der Waals surface area contributed by atoms with E-state index in [4.69, 9.17) is 10.1 Å². The fourth-order valence-electron chi connectivity index (χ4n) is 4.34. The highest BCUT2D eigenvalue weighted by Crippen LogP contribution is 2.41. The quantitative estimate of drug-likeness (QED) is 0.353. The van der Waals surface area contributed by atoms with Gasteiger partial charge in [0.15, 0.2) is 0 Å². The fraction of sp³-hybridized carbons (Fsp3) is 0.462. The van der Waals surface area contributed by atoms with Crippen LogP contribution in [0.3, 0.4) is 0 Å². The Bertz CT molecular complexity index is 1130. The average Bonchev–Trinajstić information content (AvgIpc) is 2.77. The van der Waals surface area contributed by atoms with E-state index in [-0.39, 0.29) is 11.7 Å². The molecule has 34 heavy (non-hydrogen) atoms. The number of benzene rings is 1. The number of aliphatic carboxylic acids is 1. The molecule has 1 fully saturated rings. The molecule has 0 bridgehead atoms. The Morgan fingerprint density at radius 3 is 2.44 bits per heavy atom. The molecule has 0 amide bonds. The summed E-state index contributed by atoms with van der Waals surface area (Å²) in [5, 5.41) is 18.6. The van der Waals surface area contributed by atoms with Crippen LogP contribution >= 0.6 is 7.37 Å². The first-order valence-corrected chi connectivity index (χ1v) is 13.5. The van der Waals surface area contributed by atoms with E-state index in [1.54, 1.807) is 12.1 Å². The Kier molecular flexibility index (Phi) is 8.65. The van der Waals surface area contributed by atoms with E-state index in [9.17, 15) is 23.7 Å². The van der Waals surface area contributed by atoms with Crippen LogP contribution in [0.1, 0.15) is 81.2 Å². The van der Waals surface area contributed by atoms with Gasteiger partial charge in [-0.15, -0.1) is 0 Å². The first-order chi connectivity index (χ1) is 16.1. The molecule has 1 aromatic carbocycles. The lowest BCUT2D eigenvalue weighted by Crippen LogP contribution is -2.17. The van der Waals surface area contributed by atoms with Crippen molar-refractivity contribution in [1.82, 2.24) is 4.98 Å². The standard InChI is InChI=1S/C26H31FNO5P/c1-17(2)26-22(12-13-34(32,33)16-21(29)14-25(30)31)23(18-8-10-20(27)11-9-18)15-24(28-26)19-6-4-3-5-7-19/h8-11,15,17,19,21,29H,3-7,14,16H2,1-2H3,(H,30,31)(H,32,33)/t21-/m1/s1. The largest absolute Gasteiger partial charge is 0.481 e. The van der Waals surface area contributed by atoms with Crippen molar-refractivity contribution < 1.29 is 28.9 Å². The summed E-state index contributed by atoms with van der Waals surface area (Å²) in [6, 6.07) is 7.99. The molecule has 1 heterocycles. The smallest absolute Gasteiger partial charge is 0.305 e. The Labute approximate surface area is 199 Å². The van der Waals surface area contributed by atoms with Crippen LogP contribution in [0.5, 0.6) is 0 Å². The van der Waals surface area contributed by atoms with Gasteiger partial charge in [-0.05, 0) is 48.2 Å². The van der Waals surface area contributed by atoms with E-state index in [1.807, 2.05) is 19.9 Å². The molecule has 2 aromatic rings. The van der Waals surface area contributed by atoms with Crippen molar-refractivity contribution in [2.75, 3.05) is 6.16 Å². The summed E-state index contributed by atoms with van der Waals surface area (Å²) in [7, 11) is -4.14. The number of carboxylic acids is 1. The Balaban J connectivity index is 2.11. The number of pyridine rings is 1. The normalized spacial score (nSPS) is 17.0. The molecule has 2 atom stereocenters. The van der Waals surface area contributed by atoms with Gasteiger partial charge in [0.25, 0.3) is 7.37 Å². The number of hydrogen-bond acceptors (Lipinski definition) is 4. The topological polar surface area (TPSA) is 108 Å². The van der Waals surface area contributed by atoms with E-state index in [2.05, 4.69) is 11.6 Å². The van der Waals surface area contributed by atoms with Crippen LogP contribution in [0.25, 0.3) is 11.1 Å². The Morgan fingerprint density at radius 2 is 1.85 bits per heavy atom. The summed E-state index contributed by atoms with van der Waals surface area (Å²) in [6.45, 7) is 3.95. The Morgan fingerprint density at radius 1 is 1.21 bits per heavy atom. The predicted octanol–water partition coefficient (Wildman–Crippen LogP) is 5.47. The van der Waals surface area contributed by atoms with Gasteiger partial charge in [0.05, 0.1) is 29.9 Å². The molecule has 3 N–H and O–H groups in total. The van der Waals surface area contributed by atoms with Crippen molar-refractivity contribution in [2.45, 2.75) is 70.3 Å². The van der Waals surface area contributed by atoms with Gasteiger partial charge in [-0.25, -0.2) is 4.39 Å². The number of halogens is 1. The molecule has 0 spiro atoms. The highest BCUT2D eigenvalue weighted by molar-refractivity contribution is 7.63. The van der Waals surface area contributed by atoms with Gasteiger partial charge < -0.3 is 15.1 Å². The maximum absolute atomic E-state index is 13.6. The second kappa shape index (κ2) is 11.3. The molecular formula is C26H31FNO5P. The molecule has 3 rings (SSSR count). The molecule has 1 aromatic heterocycles. The highest BCUT2D eigenvalue weighted by Gasteiger charge is 2.25. The summed E-state index contributed by atoms with van der Waals surface area (Å²) >= 11 is 0. The van der Waals surface area contributed by atoms with Gasteiger partial charge in [0, 0.05) is 17.2 Å². The van der Waals surface area contributed by atoms with E-state index in [1.165, 1.54) is 18.6 Å². The lowest BCUT2D eigenvalue weighted by Gasteiger charge is -2.24. The van der Waals surface area contributed by atoms with E-state index in [0.717, 1.165) is 42.5 Å². The molecule has 6 nitrogen and oxygen atoms in total. The van der Waals surface area contributed by atoms with Gasteiger partial charge in [0.1, 0.15) is 5.82 Å². The van der Waals surface area contributed by atoms with Crippen molar-refractivity contribution in [3.63, 3.8) is 0 Å². The summed E-state index contributed by atoms with van der Waals surface area (Å²) < 4.78 is 26.2. The summed E-state index contributed by atoms with van der Waals surface area (Å²) in [6.07, 6.45) is 2.84. The second-order valence-electron chi connectivity index (χ2n) is 9.22. The lowest BCUT2D eigenvalue weighted by molar-refractivity contribution is -0.138. The number of carboxylic acid groups (broad SMARTS) is 1. The maximum atomic E-state index is 13.6. The van der Waals surface area contributed by atoms with Gasteiger partial charge in [-0.3, -0.25) is 14.3 Å². The summed E-state index contributed by atoms with van der Waals surface area (Å²) in [4.78, 5) is 26.0. The van der Waals surface area contributed by atoms with Crippen LogP contribution in [0.15, 0.2) is 30.3 Å². The minimum absolute atomic E-state index is 0.0253. The summed E-state index contributed by atoms with van der Waals surface area (Å²) in [5.41, 5.74) is 5.98. The van der Waals surface area contributed by atoms with Crippen molar-refractivity contribution >= 4 is 13.3 Å². The zero-order valence-corrected chi connectivity index (χ0v) is 20.4. The molecule has 1 saturated carbocycles. The van der Waals surface area contributed by atoms with Crippen LogP contribution in [0.2, 0.25) is 0 Å². The minimum Gasteiger partial charge on any atom is -0.481 e. The first kappa shape index (κ1) is 26.1. The van der Waals surface area contributed by atoms with Crippen LogP contribution in [-0.2, 0) is 9.36 Å². The van der Waals surface area contributed by atoms with E-state index in [0.29, 0.717) is 17.2 Å². The molecule has 8 heteroatoms. The summed E-state index contributed by atoms with van der Waals surface area (Å²) in [5.74, 6) is 1.50. The van der Waals surface area contributed by atoms with Gasteiger partial charge >= 0.3 is 5.97 Å². The molecule has 182 valence electrons. The van der Waals surface area contributed by atoms with Crippen LogP contribution < -0.4 is 0 Å². The molecular weight excluding hydrogens is 456 g/mol. The fourth-order valence-corrected chi connectivity index (χ4v) is 5.42. The maximum Gasteiger partial charge on any atom is 0.305 e. The molecule has 0 radical (unpaired) electrons.